The summed E-state index contributed by atoms with van der Waals surface area (Å²) in [6.07, 6.45) is 2.39. The summed E-state index contributed by atoms with van der Waals surface area (Å²) >= 11 is 3.40. The van der Waals surface area contributed by atoms with Crippen LogP contribution in [-0.4, -0.2) is 29.3 Å². The molecule has 3 heteroatoms. The van der Waals surface area contributed by atoms with Gasteiger partial charge in [-0.15, -0.1) is 0 Å². The van der Waals surface area contributed by atoms with Crippen LogP contribution in [0.25, 0.3) is 0 Å². The topological polar surface area (TPSA) is 20.3 Å². The van der Waals surface area contributed by atoms with Crippen LogP contribution in [0.5, 0.6) is 0 Å². The lowest BCUT2D eigenvalue weighted by Crippen LogP contribution is -2.48. The largest absolute Gasteiger partial charge is 0.292 e. The van der Waals surface area contributed by atoms with Crippen LogP contribution in [0.15, 0.2) is 28.7 Å². The van der Waals surface area contributed by atoms with Gasteiger partial charge in [-0.05, 0) is 51.3 Å². The second kappa shape index (κ2) is 6.19. The predicted molar refractivity (Wildman–Crippen MR) is 82.5 cm³/mol. The monoisotopic (exact) mass is 323 g/mol. The zero-order valence-electron chi connectivity index (χ0n) is 11.9. The molecule has 0 N–H and O–H groups in total. The first-order chi connectivity index (χ1) is 8.99. The number of hydrogen-bond donors (Lipinski definition) is 0. The van der Waals surface area contributed by atoms with Crippen molar-refractivity contribution in [3.63, 3.8) is 0 Å². The molecule has 1 aliphatic rings. The van der Waals surface area contributed by atoms with Gasteiger partial charge in [-0.2, -0.15) is 0 Å². The highest BCUT2D eigenvalue weighted by Gasteiger charge is 2.30. The van der Waals surface area contributed by atoms with E-state index in [9.17, 15) is 4.79 Å². The van der Waals surface area contributed by atoms with Crippen molar-refractivity contribution in [2.24, 2.45) is 5.92 Å². The van der Waals surface area contributed by atoms with Gasteiger partial charge in [0, 0.05) is 16.1 Å². The summed E-state index contributed by atoms with van der Waals surface area (Å²) in [5.41, 5.74) is 0.807. The van der Waals surface area contributed by atoms with Crippen molar-refractivity contribution in [2.45, 2.75) is 45.7 Å². The Bertz CT molecular complexity index is 443. The Kier molecular flexibility index (Phi) is 4.80. The zero-order chi connectivity index (χ0) is 14.0. The minimum absolute atomic E-state index is 0.0244. The number of halogens is 1. The zero-order valence-corrected chi connectivity index (χ0v) is 13.5. The Hall–Kier alpha value is -0.670. The average Bonchev–Trinajstić information content (AvgIpc) is 2.38. The summed E-state index contributed by atoms with van der Waals surface area (Å²) < 4.78 is 1.01. The third kappa shape index (κ3) is 3.46. The van der Waals surface area contributed by atoms with E-state index in [1.54, 1.807) is 0 Å². The van der Waals surface area contributed by atoms with Gasteiger partial charge in [-0.3, -0.25) is 9.69 Å². The molecule has 2 nitrogen and oxygen atoms in total. The highest BCUT2D eigenvalue weighted by molar-refractivity contribution is 9.10. The fraction of sp³-hybridized carbons (Fsp3) is 0.562. The number of nitrogens with zero attached hydrogens (tertiary/aromatic N) is 1. The van der Waals surface area contributed by atoms with E-state index in [4.69, 9.17) is 0 Å². The molecule has 1 aromatic rings. The van der Waals surface area contributed by atoms with E-state index >= 15 is 0 Å². The molecule has 1 saturated heterocycles. The van der Waals surface area contributed by atoms with E-state index in [0.717, 1.165) is 22.5 Å². The van der Waals surface area contributed by atoms with Crippen LogP contribution in [-0.2, 0) is 0 Å². The highest BCUT2D eigenvalue weighted by atomic mass is 79.9. The second-order valence-corrected chi connectivity index (χ2v) is 6.68. The quantitative estimate of drug-likeness (QED) is 0.779. The van der Waals surface area contributed by atoms with Gasteiger partial charge in [0.2, 0.25) is 0 Å². The smallest absolute Gasteiger partial charge is 0.179 e. The van der Waals surface area contributed by atoms with Crippen LogP contribution in [0.4, 0.5) is 0 Å². The Morgan fingerprint density at radius 1 is 1.32 bits per heavy atom. The second-order valence-electron chi connectivity index (χ2n) is 5.76. The molecule has 0 radical (unpaired) electrons. The first-order valence-corrected chi connectivity index (χ1v) is 7.84. The van der Waals surface area contributed by atoms with E-state index in [0.29, 0.717) is 6.04 Å². The number of hydrogen-bond acceptors (Lipinski definition) is 2. The summed E-state index contributed by atoms with van der Waals surface area (Å²) in [4.78, 5) is 14.9. The molecule has 0 aromatic heterocycles. The normalized spacial score (nSPS) is 26.1. The third-order valence-electron chi connectivity index (χ3n) is 4.20. The number of carbonyl (C=O) groups is 1. The average molecular weight is 324 g/mol. The number of rotatable bonds is 3. The van der Waals surface area contributed by atoms with Gasteiger partial charge in [-0.1, -0.05) is 35.0 Å². The Labute approximate surface area is 124 Å². The Morgan fingerprint density at radius 3 is 2.53 bits per heavy atom. The van der Waals surface area contributed by atoms with Crippen LogP contribution < -0.4 is 0 Å². The molecule has 104 valence electrons. The molecule has 0 spiro atoms. The Balaban J connectivity index is 2.08. The summed E-state index contributed by atoms with van der Waals surface area (Å²) in [7, 11) is 0. The summed E-state index contributed by atoms with van der Waals surface area (Å²) in [6, 6.07) is 8.14. The maximum Gasteiger partial charge on any atom is 0.179 e. The van der Waals surface area contributed by atoms with Gasteiger partial charge in [-0.25, -0.2) is 0 Å². The molecule has 0 amide bonds. The third-order valence-corrected chi connectivity index (χ3v) is 4.72. The molecule has 1 aliphatic heterocycles. The first-order valence-electron chi connectivity index (χ1n) is 7.04. The minimum Gasteiger partial charge on any atom is -0.292 e. The van der Waals surface area contributed by atoms with Gasteiger partial charge < -0.3 is 0 Å². The lowest BCUT2D eigenvalue weighted by Gasteiger charge is -2.39. The van der Waals surface area contributed by atoms with Crippen molar-refractivity contribution in [3.8, 4) is 0 Å². The van der Waals surface area contributed by atoms with Crippen molar-refractivity contribution < 1.29 is 4.79 Å². The van der Waals surface area contributed by atoms with Gasteiger partial charge in [0.15, 0.2) is 5.78 Å². The first kappa shape index (κ1) is 14.7. The molecule has 3 unspecified atom stereocenters. The standard InChI is InChI=1S/C16H22BrNO/c1-11-8-9-18(12(2)10-11)13(3)16(19)14-4-6-15(17)7-5-14/h4-7,11-13H,8-10H2,1-3H3. The van der Waals surface area contributed by atoms with E-state index in [-0.39, 0.29) is 11.8 Å². The Morgan fingerprint density at radius 2 is 1.95 bits per heavy atom. The van der Waals surface area contributed by atoms with Crippen LogP contribution in [0, 0.1) is 5.92 Å². The van der Waals surface area contributed by atoms with Crippen LogP contribution in [0.2, 0.25) is 0 Å². The van der Waals surface area contributed by atoms with E-state index < -0.39 is 0 Å². The number of carbonyl (C=O) groups excluding carboxylic acids is 1. The van der Waals surface area contributed by atoms with Crippen molar-refractivity contribution in [1.82, 2.24) is 4.90 Å². The molecule has 0 bridgehead atoms. The van der Waals surface area contributed by atoms with Crippen molar-refractivity contribution in [1.29, 1.82) is 0 Å². The van der Waals surface area contributed by atoms with Gasteiger partial charge in [0.25, 0.3) is 0 Å². The number of piperidine rings is 1. The van der Waals surface area contributed by atoms with E-state index in [1.807, 2.05) is 31.2 Å². The number of benzene rings is 1. The lowest BCUT2D eigenvalue weighted by atomic mass is 9.91. The van der Waals surface area contributed by atoms with Crippen molar-refractivity contribution >= 4 is 21.7 Å². The molecule has 0 aliphatic carbocycles. The van der Waals surface area contributed by atoms with Crippen LogP contribution >= 0.6 is 15.9 Å². The predicted octanol–water partition coefficient (Wildman–Crippen LogP) is 4.14. The van der Waals surface area contributed by atoms with Gasteiger partial charge in [0.05, 0.1) is 6.04 Å². The molecular weight excluding hydrogens is 302 g/mol. The summed E-state index contributed by atoms with van der Waals surface area (Å²) in [6.45, 7) is 7.61. The number of Topliss-reactive ketones (excluding diaryl/α,β-unsaturated/α-hetero) is 1. The fourth-order valence-electron chi connectivity index (χ4n) is 3.01. The van der Waals surface area contributed by atoms with E-state index in [2.05, 4.69) is 34.7 Å². The highest BCUT2D eigenvalue weighted by Crippen LogP contribution is 2.25. The molecule has 0 saturated carbocycles. The minimum atomic E-state index is -0.0244. The maximum atomic E-state index is 12.5. The van der Waals surface area contributed by atoms with E-state index in [1.165, 1.54) is 12.8 Å². The molecule has 1 aromatic carbocycles. The number of ketones is 1. The molecule has 19 heavy (non-hydrogen) atoms. The van der Waals surface area contributed by atoms with Crippen molar-refractivity contribution in [3.05, 3.63) is 34.3 Å². The lowest BCUT2D eigenvalue weighted by molar-refractivity contribution is 0.0628. The van der Waals surface area contributed by atoms with Crippen LogP contribution in [0.3, 0.4) is 0 Å². The fourth-order valence-corrected chi connectivity index (χ4v) is 3.27. The summed E-state index contributed by atoms with van der Waals surface area (Å²) in [5, 5.41) is 0. The SMILES string of the molecule is CC1CCN(C(C)C(=O)c2ccc(Br)cc2)C(C)C1. The maximum absolute atomic E-state index is 12.5. The molecule has 1 heterocycles. The number of likely N-dealkylation sites (tertiary alicyclic amines) is 1. The van der Waals surface area contributed by atoms with Crippen molar-refractivity contribution in [2.75, 3.05) is 6.54 Å². The molecule has 3 atom stereocenters. The molecule has 2 rings (SSSR count). The van der Waals surface area contributed by atoms with Gasteiger partial charge in [0.1, 0.15) is 0 Å². The van der Waals surface area contributed by atoms with Crippen LogP contribution in [0.1, 0.15) is 44.0 Å². The molecular formula is C16H22BrNO. The van der Waals surface area contributed by atoms with Gasteiger partial charge >= 0.3 is 0 Å². The molecule has 1 fully saturated rings. The summed E-state index contributed by atoms with van der Waals surface area (Å²) in [5.74, 6) is 1.01.